The molecule has 2 rings (SSSR count). The second-order valence-corrected chi connectivity index (χ2v) is 6.64. The number of aliphatic hydroxyl groups is 1. The molecule has 1 aromatic heterocycles. The van der Waals surface area contributed by atoms with Gasteiger partial charge in [0, 0.05) is 11.6 Å². The zero-order valence-corrected chi connectivity index (χ0v) is 13.0. The van der Waals surface area contributed by atoms with Gasteiger partial charge < -0.3 is 15.7 Å². The number of rotatable bonds is 3. The first-order valence-corrected chi connectivity index (χ1v) is 7.44. The molecule has 3 N–H and O–H groups in total. The minimum absolute atomic E-state index is 0.115. The van der Waals surface area contributed by atoms with Gasteiger partial charge in [0.1, 0.15) is 5.82 Å². The van der Waals surface area contributed by atoms with E-state index in [9.17, 15) is 5.11 Å². The maximum atomic E-state index is 9.77. The van der Waals surface area contributed by atoms with Crippen molar-refractivity contribution in [1.29, 1.82) is 0 Å². The van der Waals surface area contributed by atoms with E-state index < -0.39 is 0 Å². The van der Waals surface area contributed by atoms with Crippen molar-refractivity contribution >= 4 is 11.8 Å². The van der Waals surface area contributed by atoms with Crippen LogP contribution in [0.4, 0.5) is 11.8 Å². The van der Waals surface area contributed by atoms with E-state index >= 15 is 0 Å². The average Bonchev–Trinajstić information content (AvgIpc) is 2.37. The van der Waals surface area contributed by atoms with Gasteiger partial charge in [-0.1, -0.05) is 5.92 Å². The lowest BCUT2D eigenvalue weighted by atomic mass is 9.93. The Bertz CT molecular complexity index is 530. The van der Waals surface area contributed by atoms with Gasteiger partial charge in [-0.25, -0.2) is 4.98 Å². The summed E-state index contributed by atoms with van der Waals surface area (Å²) in [6.45, 7) is 6.15. The fourth-order valence-corrected chi connectivity index (χ4v) is 2.48. The Morgan fingerprint density at radius 3 is 2.76 bits per heavy atom. The van der Waals surface area contributed by atoms with Crippen molar-refractivity contribution in [2.24, 2.45) is 0 Å². The fourth-order valence-electron chi connectivity index (χ4n) is 2.48. The van der Waals surface area contributed by atoms with E-state index in [1.54, 1.807) is 6.20 Å². The van der Waals surface area contributed by atoms with Crippen LogP contribution in [0.15, 0.2) is 6.20 Å². The molecule has 1 heterocycles. The predicted octanol–water partition coefficient (Wildman–Crippen LogP) is 2.38. The first-order chi connectivity index (χ1) is 9.87. The molecule has 5 heteroatoms. The Labute approximate surface area is 126 Å². The molecule has 1 aliphatic rings. The summed E-state index contributed by atoms with van der Waals surface area (Å²) >= 11 is 0. The Kier molecular flexibility index (Phi) is 4.69. The van der Waals surface area contributed by atoms with Crippen LogP contribution in [-0.2, 0) is 0 Å². The van der Waals surface area contributed by atoms with Crippen molar-refractivity contribution in [3.63, 3.8) is 0 Å². The molecule has 1 fully saturated rings. The lowest BCUT2D eigenvalue weighted by Crippen LogP contribution is -2.31. The summed E-state index contributed by atoms with van der Waals surface area (Å²) < 4.78 is 0. The van der Waals surface area contributed by atoms with E-state index in [1.165, 1.54) is 0 Å². The van der Waals surface area contributed by atoms with Crippen LogP contribution in [-0.4, -0.2) is 32.8 Å². The minimum Gasteiger partial charge on any atom is -0.393 e. The fraction of sp³-hybridized carbons (Fsp3) is 0.625. The van der Waals surface area contributed by atoms with Gasteiger partial charge in [0.2, 0.25) is 5.95 Å². The summed E-state index contributed by atoms with van der Waals surface area (Å²) in [4.78, 5) is 8.74. The van der Waals surface area contributed by atoms with E-state index in [0.29, 0.717) is 17.3 Å². The highest BCUT2D eigenvalue weighted by atomic mass is 16.3. The topological polar surface area (TPSA) is 70.1 Å². The second-order valence-electron chi connectivity index (χ2n) is 6.64. The average molecular weight is 288 g/mol. The Morgan fingerprint density at radius 1 is 1.38 bits per heavy atom. The number of hydrogen-bond donors (Lipinski definition) is 3. The first kappa shape index (κ1) is 15.6. The van der Waals surface area contributed by atoms with Crippen LogP contribution < -0.4 is 10.6 Å². The summed E-state index contributed by atoms with van der Waals surface area (Å²) in [5, 5.41) is 16.4. The van der Waals surface area contributed by atoms with Crippen LogP contribution in [0.3, 0.4) is 0 Å². The van der Waals surface area contributed by atoms with Gasteiger partial charge in [-0.05, 0) is 46.5 Å². The van der Waals surface area contributed by atoms with Gasteiger partial charge in [0.05, 0.1) is 17.9 Å². The van der Waals surface area contributed by atoms with Gasteiger partial charge in [-0.15, -0.1) is 6.42 Å². The smallest absolute Gasteiger partial charge is 0.225 e. The molecule has 1 aliphatic carbocycles. The quantitative estimate of drug-likeness (QED) is 0.745. The lowest BCUT2D eigenvalue weighted by Gasteiger charge is -2.27. The highest BCUT2D eigenvalue weighted by Gasteiger charge is 2.21. The molecule has 1 saturated carbocycles. The molecule has 1 aromatic rings. The van der Waals surface area contributed by atoms with Crippen molar-refractivity contribution < 1.29 is 5.11 Å². The van der Waals surface area contributed by atoms with Crippen LogP contribution in [0.5, 0.6) is 0 Å². The third-order valence-electron chi connectivity index (χ3n) is 3.42. The lowest BCUT2D eigenvalue weighted by molar-refractivity contribution is 0.124. The van der Waals surface area contributed by atoms with Crippen LogP contribution in [0.2, 0.25) is 0 Å². The summed E-state index contributed by atoms with van der Waals surface area (Å²) in [6, 6.07) is 0.207. The molecule has 21 heavy (non-hydrogen) atoms. The van der Waals surface area contributed by atoms with Gasteiger partial charge >= 0.3 is 0 Å². The summed E-state index contributed by atoms with van der Waals surface area (Å²) in [5.41, 5.74) is 0.533. The molecule has 114 valence electrons. The molecule has 0 radical (unpaired) electrons. The highest BCUT2D eigenvalue weighted by Crippen LogP contribution is 2.23. The Hall–Kier alpha value is -1.80. The third kappa shape index (κ3) is 4.61. The van der Waals surface area contributed by atoms with Crippen molar-refractivity contribution in [2.45, 2.75) is 64.1 Å². The predicted molar refractivity (Wildman–Crippen MR) is 85.2 cm³/mol. The van der Waals surface area contributed by atoms with Crippen LogP contribution in [0, 0.1) is 12.3 Å². The first-order valence-electron chi connectivity index (χ1n) is 7.44. The molecule has 5 nitrogen and oxygen atoms in total. The standard InChI is InChI=1S/C16H24N4O/c1-5-11-10-17-15(20-16(2,3)4)19-14(11)18-12-7-6-8-13(21)9-12/h1,10,12-13,21H,6-9H2,2-4H3,(H2,17,18,19,20)/t12-,13?/m1/s1. The number of aromatic nitrogens is 2. The number of aliphatic hydroxyl groups excluding tert-OH is 1. The maximum Gasteiger partial charge on any atom is 0.225 e. The van der Waals surface area contributed by atoms with Crippen LogP contribution >= 0.6 is 0 Å². The normalized spacial score (nSPS) is 22.4. The molecular weight excluding hydrogens is 264 g/mol. The zero-order valence-electron chi connectivity index (χ0n) is 13.0. The van der Waals surface area contributed by atoms with Gasteiger partial charge in [0.15, 0.2) is 0 Å². The summed E-state index contributed by atoms with van der Waals surface area (Å²) in [5.74, 6) is 3.83. The molecule has 0 spiro atoms. The Balaban J connectivity index is 2.16. The highest BCUT2D eigenvalue weighted by molar-refractivity contribution is 5.55. The number of nitrogens with zero attached hydrogens (tertiary/aromatic N) is 2. The van der Waals surface area contributed by atoms with E-state index in [4.69, 9.17) is 6.42 Å². The van der Waals surface area contributed by atoms with Crippen molar-refractivity contribution in [3.05, 3.63) is 11.8 Å². The maximum absolute atomic E-state index is 9.77. The molecule has 0 aliphatic heterocycles. The Morgan fingerprint density at radius 2 is 2.14 bits per heavy atom. The number of nitrogens with one attached hydrogen (secondary N) is 2. The van der Waals surface area contributed by atoms with Gasteiger partial charge in [-0.2, -0.15) is 4.98 Å². The molecule has 0 saturated heterocycles. The number of hydrogen-bond acceptors (Lipinski definition) is 5. The summed E-state index contributed by atoms with van der Waals surface area (Å²) in [6.07, 6.45) is 10.6. The third-order valence-corrected chi connectivity index (χ3v) is 3.42. The van der Waals surface area contributed by atoms with E-state index in [-0.39, 0.29) is 17.7 Å². The van der Waals surface area contributed by atoms with Gasteiger partial charge in [-0.3, -0.25) is 0 Å². The van der Waals surface area contributed by atoms with Crippen LogP contribution in [0.1, 0.15) is 52.0 Å². The molecule has 0 amide bonds. The monoisotopic (exact) mass is 288 g/mol. The molecule has 0 aromatic carbocycles. The largest absolute Gasteiger partial charge is 0.393 e. The number of terminal acetylenes is 1. The second kappa shape index (κ2) is 6.31. The van der Waals surface area contributed by atoms with E-state index in [0.717, 1.165) is 25.7 Å². The van der Waals surface area contributed by atoms with Crippen molar-refractivity contribution in [2.75, 3.05) is 10.6 Å². The number of anilines is 2. The van der Waals surface area contributed by atoms with Crippen molar-refractivity contribution in [1.82, 2.24) is 9.97 Å². The summed E-state index contributed by atoms with van der Waals surface area (Å²) in [7, 11) is 0. The van der Waals surface area contributed by atoms with Crippen LogP contribution in [0.25, 0.3) is 0 Å². The molecule has 1 unspecified atom stereocenters. The molecule has 2 atom stereocenters. The van der Waals surface area contributed by atoms with E-state index in [1.807, 2.05) is 0 Å². The SMILES string of the molecule is C#Cc1cnc(NC(C)(C)C)nc1N[C@@H]1CCCC(O)C1. The van der Waals surface area contributed by atoms with E-state index in [2.05, 4.69) is 47.3 Å². The molecular formula is C16H24N4O. The minimum atomic E-state index is -0.237. The molecule has 0 bridgehead atoms. The zero-order chi connectivity index (χ0) is 15.5. The van der Waals surface area contributed by atoms with Gasteiger partial charge in [0.25, 0.3) is 0 Å². The van der Waals surface area contributed by atoms with Crippen molar-refractivity contribution in [3.8, 4) is 12.3 Å².